The van der Waals surface area contributed by atoms with E-state index in [-0.39, 0.29) is 55.5 Å². The SMILES string of the molecule is CC(C)(C)P(C(C)(C)C)C(C)(C)C.CC(C)(C)P(C(C)(C)C)C(C)(C)C.CC(C)(C)P(C(C)(C)C)C(C)(C)C.CC(C)(C)P(C(C)(C)C)C(C)(C)C.CC(C)(C)P(C(C)(C)C)C(C)(C)C.CC(C)(C)P(C(C)(C)C)C(C)(C)C.CC(C)(C)P(C(C)(C)C)C(C)(C)C.OB(O)F.OB(O)F.OB(O)F.OB(O)F. The van der Waals surface area contributed by atoms with Crippen molar-refractivity contribution in [2.24, 2.45) is 0 Å². The largest absolute Gasteiger partial charge is 0.674 e. The second kappa shape index (κ2) is 48.2. The molecule has 0 saturated carbocycles. The second-order valence-corrected chi connectivity index (χ2v) is 82.0. The highest BCUT2D eigenvalue weighted by molar-refractivity contribution is 7.64. The molecule has 0 saturated heterocycles. The fourth-order valence-electron chi connectivity index (χ4n) is 21.1. The van der Waals surface area contributed by atoms with E-state index in [0.717, 1.165) is 0 Å². The minimum atomic E-state index is -2.67. The van der Waals surface area contributed by atoms with Gasteiger partial charge in [0.05, 0.1) is 0 Å². The van der Waals surface area contributed by atoms with Gasteiger partial charge in [-0.25, -0.2) is 0 Å². The van der Waals surface area contributed by atoms with Crippen LogP contribution in [0.4, 0.5) is 17.3 Å². The molecule has 0 spiro atoms. The molecule has 0 aromatic heterocycles. The van der Waals surface area contributed by atoms with Gasteiger partial charge in [-0.2, -0.15) is 0 Å². The lowest BCUT2D eigenvalue weighted by Gasteiger charge is -2.49. The molecule has 0 radical (unpaired) electrons. The van der Waals surface area contributed by atoms with Crippen molar-refractivity contribution in [3.8, 4) is 0 Å². The molecular weight excluding hydrogens is 1470 g/mol. The molecule has 0 aromatic rings. The maximum atomic E-state index is 10.1. The van der Waals surface area contributed by atoms with E-state index in [1.807, 2.05) is 0 Å². The van der Waals surface area contributed by atoms with Crippen molar-refractivity contribution >= 4 is 85.0 Å². The highest BCUT2D eigenvalue weighted by atomic mass is 31.1. The summed E-state index contributed by atoms with van der Waals surface area (Å²) in [5.74, 6) is 0. The van der Waals surface area contributed by atoms with Gasteiger partial charge in [0.15, 0.2) is 0 Å². The molecule has 23 heteroatoms. The molecule has 8 N–H and O–H groups in total. The summed E-state index contributed by atoms with van der Waals surface area (Å²) in [6.45, 7) is 150. The van der Waals surface area contributed by atoms with Crippen LogP contribution in [0.25, 0.3) is 0 Å². The molecule has 0 aliphatic rings. The van der Waals surface area contributed by atoms with Crippen LogP contribution in [0.2, 0.25) is 0 Å². The number of hydrogen-bond acceptors (Lipinski definition) is 8. The maximum absolute atomic E-state index is 10.1. The number of rotatable bonds is 0. The van der Waals surface area contributed by atoms with E-state index in [9.17, 15) is 17.3 Å². The van der Waals surface area contributed by atoms with Crippen molar-refractivity contribution in [2.75, 3.05) is 0 Å². The lowest BCUT2D eigenvalue weighted by atomic mass is 10.2. The Morgan fingerprint density at radius 3 is 0.131 bits per heavy atom. The zero-order valence-electron chi connectivity index (χ0n) is 84.0. The van der Waals surface area contributed by atoms with Crippen LogP contribution in [0.5, 0.6) is 0 Å². The topological polar surface area (TPSA) is 162 Å². The Balaban J connectivity index is -0.000000108. The summed E-state index contributed by atoms with van der Waals surface area (Å²) < 4.78 is 40.4. The Morgan fingerprint density at radius 2 is 0.131 bits per heavy atom. The fraction of sp³-hybridized carbons (Fsp3) is 1.00. The van der Waals surface area contributed by atoms with Gasteiger partial charge >= 0.3 is 29.6 Å². The van der Waals surface area contributed by atoms with E-state index in [2.05, 4.69) is 436 Å². The molecular formula is C84H197B4F4O8P7. The first-order valence-electron chi connectivity index (χ1n) is 39.1. The lowest BCUT2D eigenvalue weighted by Crippen LogP contribution is -2.34. The number of hydrogen-bond donors (Lipinski definition) is 8. The molecule has 0 aromatic carbocycles. The van der Waals surface area contributed by atoms with Crippen molar-refractivity contribution < 1.29 is 57.5 Å². The Kier molecular flexibility index (Phi) is 59.9. The summed E-state index contributed by atoms with van der Waals surface area (Å²) in [6, 6.07) is 0. The number of halogens is 4. The third kappa shape index (κ3) is 74.7. The smallest absolute Gasteiger partial charge is 0.398 e. The minimum absolute atomic E-state index is 0.0162. The highest BCUT2D eigenvalue weighted by Gasteiger charge is 2.48. The molecule has 656 valence electrons. The Morgan fingerprint density at radius 1 is 0.112 bits per heavy atom. The maximum Gasteiger partial charge on any atom is 0.674 e. The third-order valence-electron chi connectivity index (χ3n) is 14.1. The molecule has 0 atom stereocenters. The van der Waals surface area contributed by atoms with Gasteiger partial charge in [0.25, 0.3) is 0 Å². The first kappa shape index (κ1) is 133. The van der Waals surface area contributed by atoms with Gasteiger partial charge in [-0.3, -0.25) is 17.3 Å². The summed E-state index contributed by atoms with van der Waals surface area (Å²) in [4.78, 5) is 0. The molecule has 0 bridgehead atoms. The van der Waals surface area contributed by atoms with Gasteiger partial charge in [-0.05, 0) is 108 Å². The predicted octanol–water partition coefficient (Wildman–Crippen LogP) is 29.7. The van der Waals surface area contributed by atoms with Gasteiger partial charge in [0.2, 0.25) is 0 Å². The van der Waals surface area contributed by atoms with Gasteiger partial charge in [-0.1, -0.05) is 492 Å². The quantitative estimate of drug-likeness (QED) is 0.0676. The highest BCUT2D eigenvalue weighted by Crippen LogP contribution is 2.72. The Hall–Kier alpha value is 2.67. The second-order valence-electron chi connectivity index (χ2n) is 49.2. The molecule has 0 heterocycles. The Bertz CT molecular complexity index is 1560. The van der Waals surface area contributed by atoms with Crippen molar-refractivity contribution in [3.05, 3.63) is 0 Å². The monoisotopic (exact) mass is 1670 g/mol. The molecule has 8 nitrogen and oxygen atoms in total. The van der Waals surface area contributed by atoms with E-state index in [1.54, 1.807) is 0 Å². The van der Waals surface area contributed by atoms with Crippen LogP contribution in [0.15, 0.2) is 0 Å². The van der Waals surface area contributed by atoms with E-state index in [0.29, 0.717) is 108 Å². The summed E-state index contributed by atoms with van der Waals surface area (Å²) in [5.41, 5.74) is 0. The molecule has 0 unspecified atom stereocenters. The fourth-order valence-corrected chi connectivity index (χ4v) is 63.4. The lowest BCUT2D eigenvalue weighted by molar-refractivity contribution is 0.338. The van der Waals surface area contributed by atoms with Crippen molar-refractivity contribution in [1.82, 2.24) is 0 Å². The molecule has 0 fully saturated rings. The predicted molar refractivity (Wildman–Crippen MR) is 508 cm³/mol. The average Bonchev–Trinajstić information content (AvgIpc) is 0.852. The molecule has 0 rings (SSSR count). The molecule has 0 aliphatic heterocycles. The summed E-state index contributed by atoms with van der Waals surface area (Å²) in [6.07, 6.45) is 0. The van der Waals surface area contributed by atoms with Gasteiger partial charge in [0.1, 0.15) is 0 Å². The first-order valence-corrected chi connectivity index (χ1v) is 48.5. The van der Waals surface area contributed by atoms with Crippen LogP contribution in [0.1, 0.15) is 436 Å². The van der Waals surface area contributed by atoms with Crippen molar-refractivity contribution in [3.63, 3.8) is 0 Å². The summed E-state index contributed by atoms with van der Waals surface area (Å²) >= 11 is 0. The van der Waals surface area contributed by atoms with E-state index >= 15 is 0 Å². The van der Waals surface area contributed by atoms with Crippen LogP contribution in [-0.2, 0) is 0 Å². The molecule has 0 aliphatic carbocycles. The molecule has 0 amide bonds. The van der Waals surface area contributed by atoms with Crippen LogP contribution >= 0.6 is 55.5 Å². The van der Waals surface area contributed by atoms with Crippen LogP contribution < -0.4 is 0 Å². The standard InChI is InChI=1S/7C12H27P.4BFH2O2/c7*1-10(2,3)13(11(4,5)6)12(7,8)9;4*2-1(3)4/h7*1-9H3;4*3-4H. The normalized spacial score (nSPS) is 14.0. The minimum Gasteiger partial charge on any atom is -0.398 e. The van der Waals surface area contributed by atoms with Crippen molar-refractivity contribution in [1.29, 1.82) is 0 Å². The van der Waals surface area contributed by atoms with Crippen LogP contribution in [0.3, 0.4) is 0 Å². The van der Waals surface area contributed by atoms with Gasteiger partial charge in [0, 0.05) is 0 Å². The Labute approximate surface area is 682 Å². The van der Waals surface area contributed by atoms with Gasteiger partial charge < -0.3 is 40.2 Å². The third-order valence-corrected chi connectivity index (χ3v) is 42.3. The summed E-state index contributed by atoms with van der Waals surface area (Å²) in [7, 11) is -10.6. The van der Waals surface area contributed by atoms with Crippen LogP contribution in [0, 0.1) is 0 Å². The average molecular weight is 1670 g/mol. The zero-order chi connectivity index (χ0) is 91.9. The van der Waals surface area contributed by atoms with E-state index in [1.165, 1.54) is 0 Å². The molecule has 107 heavy (non-hydrogen) atoms. The van der Waals surface area contributed by atoms with Crippen LogP contribution in [-0.4, -0.2) is 178 Å². The van der Waals surface area contributed by atoms with E-state index in [4.69, 9.17) is 40.2 Å². The van der Waals surface area contributed by atoms with Gasteiger partial charge in [-0.15, -0.1) is 0 Å². The van der Waals surface area contributed by atoms with E-state index < -0.39 is 29.6 Å². The summed E-state index contributed by atoms with van der Waals surface area (Å²) in [5, 5.41) is 65.0. The zero-order valence-corrected chi connectivity index (χ0v) is 90.3. The first-order chi connectivity index (χ1) is 44.5. The van der Waals surface area contributed by atoms with Crippen molar-refractivity contribution in [2.45, 2.75) is 544 Å².